The molecule has 1 unspecified atom stereocenters. The fourth-order valence-electron chi connectivity index (χ4n) is 2.88. The van der Waals surface area contributed by atoms with E-state index in [0.717, 1.165) is 12.3 Å². The molecule has 100 valence electrons. The molecule has 0 aromatic heterocycles. The van der Waals surface area contributed by atoms with Crippen molar-refractivity contribution in [3.63, 3.8) is 0 Å². The molecule has 1 aliphatic carbocycles. The van der Waals surface area contributed by atoms with Gasteiger partial charge in [0, 0.05) is 19.0 Å². The summed E-state index contributed by atoms with van der Waals surface area (Å²) >= 11 is 0. The molecule has 1 saturated carbocycles. The van der Waals surface area contributed by atoms with Gasteiger partial charge in [-0.25, -0.2) is 0 Å². The first-order valence-electron chi connectivity index (χ1n) is 7.08. The maximum absolute atomic E-state index is 12.2. The van der Waals surface area contributed by atoms with E-state index in [1.54, 1.807) is 4.90 Å². The number of hydrogen-bond acceptors (Lipinski definition) is 2. The summed E-state index contributed by atoms with van der Waals surface area (Å²) in [4.78, 5) is 13.9. The molecule has 0 bridgehead atoms. The van der Waals surface area contributed by atoms with Crippen molar-refractivity contribution in [3.8, 4) is 0 Å². The Morgan fingerprint density at radius 2 is 2.00 bits per heavy atom. The average molecular weight is 241 g/mol. The quantitative estimate of drug-likeness (QED) is 0.776. The molecule has 1 rings (SSSR count). The lowest BCUT2D eigenvalue weighted by atomic mass is 9.83. The van der Waals surface area contributed by atoms with Gasteiger partial charge in [-0.1, -0.05) is 39.0 Å². The van der Waals surface area contributed by atoms with Crippen molar-refractivity contribution in [2.45, 2.75) is 52.4 Å². The van der Waals surface area contributed by atoms with Crippen LogP contribution in [-0.4, -0.2) is 35.6 Å². The van der Waals surface area contributed by atoms with Gasteiger partial charge in [0.15, 0.2) is 0 Å². The number of aliphatic hydroxyl groups is 1. The van der Waals surface area contributed by atoms with Gasteiger partial charge in [-0.3, -0.25) is 4.79 Å². The highest BCUT2D eigenvalue weighted by atomic mass is 16.3. The highest BCUT2D eigenvalue weighted by Crippen LogP contribution is 2.29. The number of nitrogens with zero attached hydrogens (tertiary/aromatic N) is 1. The molecule has 17 heavy (non-hydrogen) atoms. The van der Waals surface area contributed by atoms with Crippen LogP contribution in [0.25, 0.3) is 0 Å². The van der Waals surface area contributed by atoms with Crippen molar-refractivity contribution in [3.05, 3.63) is 0 Å². The zero-order chi connectivity index (χ0) is 12.7. The summed E-state index contributed by atoms with van der Waals surface area (Å²) in [6, 6.07) is 0. The van der Waals surface area contributed by atoms with Crippen molar-refractivity contribution in [1.82, 2.24) is 4.90 Å². The number of rotatable bonds is 6. The molecule has 1 fully saturated rings. The van der Waals surface area contributed by atoms with E-state index in [1.807, 2.05) is 13.8 Å². The van der Waals surface area contributed by atoms with Crippen molar-refractivity contribution in [2.75, 3.05) is 19.7 Å². The van der Waals surface area contributed by atoms with Crippen LogP contribution < -0.4 is 0 Å². The number of carbonyl (C=O) groups is 1. The first-order chi connectivity index (χ1) is 8.19. The second kappa shape index (κ2) is 7.70. The lowest BCUT2D eigenvalue weighted by Crippen LogP contribution is -2.37. The van der Waals surface area contributed by atoms with E-state index < -0.39 is 0 Å². The van der Waals surface area contributed by atoms with E-state index in [4.69, 9.17) is 5.11 Å². The Morgan fingerprint density at radius 3 is 2.53 bits per heavy atom. The van der Waals surface area contributed by atoms with Gasteiger partial charge in [-0.05, 0) is 19.3 Å². The summed E-state index contributed by atoms with van der Waals surface area (Å²) in [5.41, 5.74) is 0. The standard InChI is InChI=1S/C14H27NO2/c1-3-15(9-10-16)14(17)12(2)11-13-7-5-4-6-8-13/h12-13,16H,3-11H2,1-2H3. The topological polar surface area (TPSA) is 40.5 Å². The third-order valence-electron chi connectivity index (χ3n) is 3.90. The molecule has 3 nitrogen and oxygen atoms in total. The number of aliphatic hydroxyl groups excluding tert-OH is 1. The third-order valence-corrected chi connectivity index (χ3v) is 3.90. The first kappa shape index (κ1) is 14.5. The molecular formula is C14H27NO2. The zero-order valence-electron chi connectivity index (χ0n) is 11.3. The molecule has 1 N–H and O–H groups in total. The molecule has 0 radical (unpaired) electrons. The van der Waals surface area contributed by atoms with Crippen LogP contribution in [0.4, 0.5) is 0 Å². The molecule has 0 aromatic carbocycles. The van der Waals surface area contributed by atoms with Crippen LogP contribution in [0.2, 0.25) is 0 Å². The van der Waals surface area contributed by atoms with E-state index in [2.05, 4.69) is 0 Å². The Bertz CT molecular complexity index is 224. The van der Waals surface area contributed by atoms with Gasteiger partial charge in [0.25, 0.3) is 0 Å². The Morgan fingerprint density at radius 1 is 1.35 bits per heavy atom. The van der Waals surface area contributed by atoms with Crippen LogP contribution >= 0.6 is 0 Å². The second-order valence-electron chi connectivity index (χ2n) is 5.28. The lowest BCUT2D eigenvalue weighted by Gasteiger charge is -2.28. The Hall–Kier alpha value is -0.570. The summed E-state index contributed by atoms with van der Waals surface area (Å²) in [6.45, 7) is 5.26. The maximum atomic E-state index is 12.2. The molecule has 0 aromatic rings. The van der Waals surface area contributed by atoms with Crippen LogP contribution in [0.5, 0.6) is 0 Å². The summed E-state index contributed by atoms with van der Waals surface area (Å²) in [5, 5.41) is 8.93. The van der Waals surface area contributed by atoms with Gasteiger partial charge in [0.1, 0.15) is 0 Å². The molecule has 1 amide bonds. The molecule has 0 saturated heterocycles. The number of amides is 1. The molecule has 1 atom stereocenters. The van der Waals surface area contributed by atoms with Crippen LogP contribution in [0, 0.1) is 11.8 Å². The number of carbonyl (C=O) groups excluding carboxylic acids is 1. The SMILES string of the molecule is CCN(CCO)C(=O)C(C)CC1CCCCC1. The molecule has 1 aliphatic rings. The monoisotopic (exact) mass is 241 g/mol. The molecule has 0 aliphatic heterocycles. The number of likely N-dealkylation sites (N-methyl/N-ethyl adjacent to an activating group) is 1. The van der Waals surface area contributed by atoms with Crippen LogP contribution in [-0.2, 0) is 4.79 Å². The highest BCUT2D eigenvalue weighted by Gasteiger charge is 2.23. The summed E-state index contributed by atoms with van der Waals surface area (Å²) in [5.74, 6) is 1.08. The minimum Gasteiger partial charge on any atom is -0.395 e. The fraction of sp³-hybridized carbons (Fsp3) is 0.929. The molecule has 0 heterocycles. The number of hydrogen-bond donors (Lipinski definition) is 1. The van der Waals surface area contributed by atoms with E-state index in [-0.39, 0.29) is 18.4 Å². The van der Waals surface area contributed by atoms with E-state index in [1.165, 1.54) is 32.1 Å². The van der Waals surface area contributed by atoms with Gasteiger partial charge in [-0.2, -0.15) is 0 Å². The van der Waals surface area contributed by atoms with E-state index in [9.17, 15) is 4.79 Å². The molecule has 3 heteroatoms. The molecule has 0 spiro atoms. The van der Waals surface area contributed by atoms with Crippen LogP contribution in [0.15, 0.2) is 0 Å². The maximum Gasteiger partial charge on any atom is 0.225 e. The first-order valence-corrected chi connectivity index (χ1v) is 7.08. The Kier molecular flexibility index (Phi) is 6.56. The largest absolute Gasteiger partial charge is 0.395 e. The van der Waals surface area contributed by atoms with Crippen molar-refractivity contribution < 1.29 is 9.90 Å². The Labute approximate surface area is 105 Å². The predicted molar refractivity (Wildman–Crippen MR) is 69.7 cm³/mol. The fourth-order valence-corrected chi connectivity index (χ4v) is 2.88. The van der Waals surface area contributed by atoms with Crippen molar-refractivity contribution >= 4 is 5.91 Å². The van der Waals surface area contributed by atoms with Crippen molar-refractivity contribution in [1.29, 1.82) is 0 Å². The van der Waals surface area contributed by atoms with Crippen LogP contribution in [0.1, 0.15) is 52.4 Å². The average Bonchev–Trinajstić information content (AvgIpc) is 2.36. The molecular weight excluding hydrogens is 214 g/mol. The predicted octanol–water partition coefficient (Wildman–Crippen LogP) is 2.43. The summed E-state index contributed by atoms with van der Waals surface area (Å²) < 4.78 is 0. The highest BCUT2D eigenvalue weighted by molar-refractivity contribution is 5.78. The van der Waals surface area contributed by atoms with E-state index in [0.29, 0.717) is 13.1 Å². The Balaban J connectivity index is 2.38. The minimum atomic E-state index is 0.0652. The lowest BCUT2D eigenvalue weighted by molar-refractivity contribution is -0.136. The van der Waals surface area contributed by atoms with Gasteiger partial charge in [0.05, 0.1) is 6.61 Å². The summed E-state index contributed by atoms with van der Waals surface area (Å²) in [7, 11) is 0. The second-order valence-corrected chi connectivity index (χ2v) is 5.28. The van der Waals surface area contributed by atoms with Crippen molar-refractivity contribution in [2.24, 2.45) is 11.8 Å². The zero-order valence-corrected chi connectivity index (χ0v) is 11.3. The van der Waals surface area contributed by atoms with Gasteiger partial charge >= 0.3 is 0 Å². The normalized spacial score (nSPS) is 19.0. The van der Waals surface area contributed by atoms with Gasteiger partial charge < -0.3 is 10.0 Å². The van der Waals surface area contributed by atoms with E-state index >= 15 is 0 Å². The third kappa shape index (κ3) is 4.66. The van der Waals surface area contributed by atoms with Gasteiger partial charge in [-0.15, -0.1) is 0 Å². The van der Waals surface area contributed by atoms with Gasteiger partial charge in [0.2, 0.25) is 5.91 Å². The summed E-state index contributed by atoms with van der Waals surface area (Å²) in [6.07, 6.45) is 7.65. The van der Waals surface area contributed by atoms with Crippen LogP contribution in [0.3, 0.4) is 0 Å². The minimum absolute atomic E-state index is 0.0652. The smallest absolute Gasteiger partial charge is 0.225 e.